The lowest BCUT2D eigenvalue weighted by Gasteiger charge is -2.16. The van der Waals surface area contributed by atoms with Gasteiger partial charge in [-0.2, -0.15) is 0 Å². The van der Waals surface area contributed by atoms with Gasteiger partial charge in [-0.1, -0.05) is 29.3 Å². The molecule has 0 fully saturated rings. The molecule has 0 aromatic heterocycles. The zero-order valence-corrected chi connectivity index (χ0v) is 11.6. The standard InChI is InChI=1S/C14H11Cl2F2N/c1-7-4-10(11(16)6-12(7)17)14(19)9-3-2-8(15)5-13(9)18/h2-6,14H,19H2,1H3. The highest BCUT2D eigenvalue weighted by atomic mass is 35.5. The summed E-state index contributed by atoms with van der Waals surface area (Å²) in [4.78, 5) is 0. The Kier molecular flexibility index (Phi) is 4.09. The van der Waals surface area contributed by atoms with Crippen molar-refractivity contribution in [2.45, 2.75) is 13.0 Å². The largest absolute Gasteiger partial charge is 0.320 e. The first-order chi connectivity index (χ1) is 8.90. The van der Waals surface area contributed by atoms with Crippen LogP contribution in [0.25, 0.3) is 0 Å². The molecule has 5 heteroatoms. The van der Waals surface area contributed by atoms with Crippen LogP contribution in [0, 0.1) is 18.6 Å². The summed E-state index contributed by atoms with van der Waals surface area (Å²) in [7, 11) is 0. The molecule has 2 N–H and O–H groups in total. The molecule has 2 rings (SSSR count). The van der Waals surface area contributed by atoms with E-state index in [1.807, 2.05) is 0 Å². The lowest BCUT2D eigenvalue weighted by molar-refractivity contribution is 0.597. The van der Waals surface area contributed by atoms with Gasteiger partial charge in [-0.05, 0) is 42.3 Å². The maximum atomic E-state index is 13.8. The molecule has 0 heterocycles. The predicted octanol–water partition coefficient (Wildman–Crippen LogP) is 4.63. The SMILES string of the molecule is Cc1cc(C(N)c2ccc(Cl)cc2F)c(Cl)cc1F. The molecule has 1 atom stereocenters. The smallest absolute Gasteiger partial charge is 0.129 e. The number of aryl methyl sites for hydroxylation is 1. The predicted molar refractivity (Wildman–Crippen MR) is 73.6 cm³/mol. The Bertz CT molecular complexity index is 629. The van der Waals surface area contributed by atoms with Crippen molar-refractivity contribution in [3.8, 4) is 0 Å². The van der Waals surface area contributed by atoms with Crippen molar-refractivity contribution in [3.05, 3.63) is 68.7 Å². The lowest BCUT2D eigenvalue weighted by Crippen LogP contribution is -2.14. The fraction of sp³-hybridized carbons (Fsp3) is 0.143. The van der Waals surface area contributed by atoms with Crippen LogP contribution in [-0.4, -0.2) is 0 Å². The third-order valence-electron chi connectivity index (χ3n) is 2.91. The second-order valence-corrected chi connectivity index (χ2v) is 5.11. The molecule has 0 saturated carbocycles. The zero-order chi connectivity index (χ0) is 14.2. The van der Waals surface area contributed by atoms with Gasteiger partial charge in [0.1, 0.15) is 11.6 Å². The van der Waals surface area contributed by atoms with Crippen LogP contribution in [0.15, 0.2) is 30.3 Å². The van der Waals surface area contributed by atoms with E-state index in [9.17, 15) is 8.78 Å². The molecule has 0 aliphatic rings. The second-order valence-electron chi connectivity index (χ2n) is 4.27. The Balaban J connectivity index is 2.49. The van der Waals surface area contributed by atoms with E-state index < -0.39 is 17.7 Å². The molecule has 2 aromatic carbocycles. The topological polar surface area (TPSA) is 26.0 Å². The summed E-state index contributed by atoms with van der Waals surface area (Å²) in [6.45, 7) is 1.60. The van der Waals surface area contributed by atoms with Crippen molar-refractivity contribution in [2.24, 2.45) is 5.73 Å². The molecule has 0 aliphatic carbocycles. The molecule has 1 unspecified atom stereocenters. The van der Waals surface area contributed by atoms with E-state index in [0.29, 0.717) is 11.1 Å². The normalized spacial score (nSPS) is 12.5. The molecule has 0 spiro atoms. The molecule has 0 amide bonds. The van der Waals surface area contributed by atoms with Crippen LogP contribution in [0.4, 0.5) is 8.78 Å². The minimum atomic E-state index is -0.774. The van der Waals surface area contributed by atoms with Crippen molar-refractivity contribution in [3.63, 3.8) is 0 Å². The number of nitrogens with two attached hydrogens (primary N) is 1. The van der Waals surface area contributed by atoms with Crippen molar-refractivity contribution < 1.29 is 8.78 Å². The quantitative estimate of drug-likeness (QED) is 0.860. The minimum Gasteiger partial charge on any atom is -0.320 e. The van der Waals surface area contributed by atoms with Gasteiger partial charge in [0, 0.05) is 15.6 Å². The molecule has 2 aromatic rings. The molecule has 19 heavy (non-hydrogen) atoms. The molecule has 0 aliphatic heterocycles. The Morgan fingerprint density at radius 2 is 1.68 bits per heavy atom. The first-order valence-corrected chi connectivity index (χ1v) is 6.32. The molecular formula is C14H11Cl2F2N. The highest BCUT2D eigenvalue weighted by Crippen LogP contribution is 2.30. The first-order valence-electron chi connectivity index (χ1n) is 5.56. The number of rotatable bonds is 2. The van der Waals surface area contributed by atoms with Gasteiger partial charge in [-0.15, -0.1) is 0 Å². The second kappa shape index (κ2) is 5.45. The van der Waals surface area contributed by atoms with Crippen LogP contribution in [-0.2, 0) is 0 Å². The minimum absolute atomic E-state index is 0.171. The molecule has 0 bridgehead atoms. The van der Waals surface area contributed by atoms with Gasteiger partial charge < -0.3 is 5.73 Å². The van der Waals surface area contributed by atoms with Crippen molar-refractivity contribution in [2.75, 3.05) is 0 Å². The summed E-state index contributed by atoms with van der Waals surface area (Å²) < 4.78 is 27.2. The van der Waals surface area contributed by atoms with Gasteiger partial charge in [-0.25, -0.2) is 8.78 Å². The monoisotopic (exact) mass is 301 g/mol. The fourth-order valence-corrected chi connectivity index (χ4v) is 2.27. The summed E-state index contributed by atoms with van der Waals surface area (Å²) >= 11 is 11.6. The third-order valence-corrected chi connectivity index (χ3v) is 3.47. The van der Waals surface area contributed by atoms with E-state index in [4.69, 9.17) is 28.9 Å². The molecule has 1 nitrogen and oxygen atoms in total. The van der Waals surface area contributed by atoms with Gasteiger partial charge in [0.15, 0.2) is 0 Å². The first kappa shape index (κ1) is 14.3. The van der Waals surface area contributed by atoms with Gasteiger partial charge in [-0.3, -0.25) is 0 Å². The number of hydrogen-bond donors (Lipinski definition) is 1. The number of benzene rings is 2. The van der Waals surface area contributed by atoms with Gasteiger partial charge in [0.2, 0.25) is 0 Å². The maximum Gasteiger partial charge on any atom is 0.129 e. The van der Waals surface area contributed by atoms with E-state index in [1.54, 1.807) is 13.0 Å². The highest BCUT2D eigenvalue weighted by molar-refractivity contribution is 6.31. The summed E-state index contributed by atoms with van der Waals surface area (Å²) in [5.41, 5.74) is 7.14. The van der Waals surface area contributed by atoms with Crippen LogP contribution < -0.4 is 5.73 Å². The molecular weight excluding hydrogens is 291 g/mol. The number of hydrogen-bond acceptors (Lipinski definition) is 1. The zero-order valence-electron chi connectivity index (χ0n) is 10.1. The summed E-state index contributed by atoms with van der Waals surface area (Å²) in [6, 6.07) is 6.16. The van der Waals surface area contributed by atoms with Crippen LogP contribution >= 0.6 is 23.2 Å². The van der Waals surface area contributed by atoms with Gasteiger partial charge in [0.25, 0.3) is 0 Å². The van der Waals surface area contributed by atoms with Gasteiger partial charge >= 0.3 is 0 Å². The molecule has 100 valence electrons. The average Bonchev–Trinajstić information content (AvgIpc) is 2.33. The van der Waals surface area contributed by atoms with Crippen LogP contribution in [0.5, 0.6) is 0 Å². The molecule has 0 radical (unpaired) electrons. The highest BCUT2D eigenvalue weighted by Gasteiger charge is 2.18. The van der Waals surface area contributed by atoms with Crippen LogP contribution in [0.3, 0.4) is 0 Å². The van der Waals surface area contributed by atoms with Crippen LogP contribution in [0.1, 0.15) is 22.7 Å². The Hall–Kier alpha value is -1.16. The van der Waals surface area contributed by atoms with E-state index in [2.05, 4.69) is 0 Å². The Labute approximate surface area is 119 Å². The van der Waals surface area contributed by atoms with E-state index >= 15 is 0 Å². The van der Waals surface area contributed by atoms with Crippen LogP contribution in [0.2, 0.25) is 10.0 Å². The lowest BCUT2D eigenvalue weighted by atomic mass is 9.97. The number of halogens is 4. The Morgan fingerprint density at radius 1 is 1.00 bits per heavy atom. The van der Waals surface area contributed by atoms with Crippen molar-refractivity contribution >= 4 is 23.2 Å². The maximum absolute atomic E-state index is 13.8. The van der Waals surface area contributed by atoms with Crippen molar-refractivity contribution in [1.29, 1.82) is 0 Å². The molecule has 0 saturated heterocycles. The van der Waals surface area contributed by atoms with E-state index in [0.717, 1.165) is 0 Å². The van der Waals surface area contributed by atoms with E-state index in [1.165, 1.54) is 24.3 Å². The summed E-state index contributed by atoms with van der Waals surface area (Å²) in [5.74, 6) is -0.935. The Morgan fingerprint density at radius 3 is 2.32 bits per heavy atom. The van der Waals surface area contributed by atoms with Crippen molar-refractivity contribution in [1.82, 2.24) is 0 Å². The third kappa shape index (κ3) is 2.89. The summed E-state index contributed by atoms with van der Waals surface area (Å²) in [5, 5.41) is 0.458. The van der Waals surface area contributed by atoms with E-state index in [-0.39, 0.29) is 15.6 Å². The average molecular weight is 302 g/mol. The summed E-state index contributed by atoms with van der Waals surface area (Å²) in [6.07, 6.45) is 0. The fourth-order valence-electron chi connectivity index (χ4n) is 1.84. The van der Waals surface area contributed by atoms with Gasteiger partial charge in [0.05, 0.1) is 6.04 Å².